The second-order valence-electron chi connectivity index (χ2n) is 5.94. The van der Waals surface area contributed by atoms with Crippen LogP contribution in [0.25, 0.3) is 0 Å². The molecule has 2 aliphatic rings. The van der Waals surface area contributed by atoms with Crippen LogP contribution < -0.4 is 0 Å². The highest BCUT2D eigenvalue weighted by Crippen LogP contribution is 2.38. The zero-order chi connectivity index (χ0) is 13.4. The summed E-state index contributed by atoms with van der Waals surface area (Å²) >= 11 is 0. The molecule has 0 unspecified atom stereocenters. The van der Waals surface area contributed by atoms with Gasteiger partial charge in [0.2, 0.25) is 5.79 Å². The summed E-state index contributed by atoms with van der Waals surface area (Å²) < 4.78 is 11.2. The second-order valence-corrected chi connectivity index (χ2v) is 5.94. The van der Waals surface area contributed by atoms with E-state index in [9.17, 15) is 15.0 Å². The van der Waals surface area contributed by atoms with Crippen LogP contribution in [0.4, 0.5) is 0 Å². The number of carbonyl (C=O) groups excluding carboxylic acids is 1. The van der Waals surface area contributed by atoms with Crippen LogP contribution in [-0.4, -0.2) is 39.8 Å². The van der Waals surface area contributed by atoms with E-state index in [1.165, 1.54) is 0 Å². The molecule has 0 aliphatic carbocycles. The Morgan fingerprint density at radius 3 is 2.72 bits per heavy atom. The monoisotopic (exact) mass is 258 g/mol. The third-order valence-electron chi connectivity index (χ3n) is 3.49. The molecule has 0 saturated carbocycles. The van der Waals surface area contributed by atoms with Crippen molar-refractivity contribution >= 4 is 5.78 Å². The van der Waals surface area contributed by atoms with Crippen LogP contribution in [0.15, 0.2) is 0 Å². The normalized spacial score (nSPS) is 38.1. The lowest BCUT2D eigenvalue weighted by atomic mass is 9.89. The first-order valence-corrected chi connectivity index (χ1v) is 6.60. The van der Waals surface area contributed by atoms with Crippen LogP contribution in [0, 0.1) is 0 Å². The lowest BCUT2D eigenvalue weighted by Crippen LogP contribution is -2.55. The quantitative estimate of drug-likeness (QED) is 0.776. The van der Waals surface area contributed by atoms with E-state index < -0.39 is 17.7 Å². The standard InChI is InChI=1S/C13H22O5/c1-12(2,16)8-9-5-6-10(14)13(17-9)7-3-4-11(15)18-13/h9,11,15-16H,3-8H2,1-2H3/t9-,11+,13-/m1/s1. The van der Waals surface area contributed by atoms with E-state index in [1.807, 2.05) is 0 Å². The minimum atomic E-state index is -1.27. The van der Waals surface area contributed by atoms with Crippen molar-refractivity contribution in [1.82, 2.24) is 0 Å². The maximum atomic E-state index is 12.0. The fraction of sp³-hybridized carbons (Fsp3) is 0.923. The Kier molecular flexibility index (Phi) is 3.78. The molecule has 2 saturated heterocycles. The molecule has 18 heavy (non-hydrogen) atoms. The minimum Gasteiger partial charge on any atom is -0.390 e. The van der Waals surface area contributed by atoms with E-state index >= 15 is 0 Å². The van der Waals surface area contributed by atoms with Crippen molar-refractivity contribution in [2.45, 2.75) is 76.2 Å². The highest BCUT2D eigenvalue weighted by Gasteiger charge is 2.49. The molecular formula is C13H22O5. The molecule has 2 rings (SSSR count). The van der Waals surface area contributed by atoms with Crippen molar-refractivity contribution in [2.24, 2.45) is 0 Å². The highest BCUT2D eigenvalue weighted by atomic mass is 16.8. The van der Waals surface area contributed by atoms with Gasteiger partial charge in [-0.1, -0.05) is 0 Å². The maximum Gasteiger partial charge on any atom is 0.231 e. The Labute approximate surface area is 107 Å². The van der Waals surface area contributed by atoms with Gasteiger partial charge in [-0.3, -0.25) is 4.79 Å². The molecule has 0 aromatic rings. The maximum absolute atomic E-state index is 12.0. The van der Waals surface area contributed by atoms with E-state index in [0.717, 1.165) is 0 Å². The topological polar surface area (TPSA) is 76.0 Å². The second kappa shape index (κ2) is 4.89. The number of hydrogen-bond acceptors (Lipinski definition) is 5. The molecule has 0 aromatic carbocycles. The van der Waals surface area contributed by atoms with Crippen LogP contribution in [0.5, 0.6) is 0 Å². The largest absolute Gasteiger partial charge is 0.390 e. The molecule has 2 heterocycles. The molecule has 104 valence electrons. The first-order chi connectivity index (χ1) is 8.31. The zero-order valence-corrected chi connectivity index (χ0v) is 11.0. The van der Waals surface area contributed by atoms with E-state index in [2.05, 4.69) is 0 Å². The summed E-state index contributed by atoms with van der Waals surface area (Å²) in [6, 6.07) is 0. The fourth-order valence-electron chi connectivity index (χ4n) is 2.72. The van der Waals surface area contributed by atoms with Crippen molar-refractivity contribution < 1.29 is 24.5 Å². The number of Topliss-reactive ketones (excluding diaryl/α,β-unsaturated/α-hetero) is 1. The van der Waals surface area contributed by atoms with Gasteiger partial charge in [0.1, 0.15) is 0 Å². The summed E-state index contributed by atoms with van der Waals surface area (Å²) in [5, 5.41) is 19.4. The number of ketones is 1. The van der Waals surface area contributed by atoms with Gasteiger partial charge >= 0.3 is 0 Å². The number of hydrogen-bond donors (Lipinski definition) is 2. The van der Waals surface area contributed by atoms with Crippen molar-refractivity contribution in [2.75, 3.05) is 0 Å². The molecular weight excluding hydrogens is 236 g/mol. The van der Waals surface area contributed by atoms with Gasteiger partial charge in [0, 0.05) is 19.3 Å². The smallest absolute Gasteiger partial charge is 0.231 e. The van der Waals surface area contributed by atoms with Gasteiger partial charge in [-0.25, -0.2) is 0 Å². The van der Waals surface area contributed by atoms with Gasteiger partial charge < -0.3 is 19.7 Å². The molecule has 0 amide bonds. The van der Waals surface area contributed by atoms with Crippen LogP contribution >= 0.6 is 0 Å². The fourth-order valence-corrected chi connectivity index (χ4v) is 2.72. The Morgan fingerprint density at radius 1 is 1.39 bits per heavy atom. The summed E-state index contributed by atoms with van der Waals surface area (Å²) in [6.07, 6.45) is 2.05. The summed E-state index contributed by atoms with van der Waals surface area (Å²) in [4.78, 5) is 12.0. The van der Waals surface area contributed by atoms with Crippen LogP contribution in [0.2, 0.25) is 0 Å². The van der Waals surface area contributed by atoms with Gasteiger partial charge in [-0.15, -0.1) is 0 Å². The van der Waals surface area contributed by atoms with Gasteiger partial charge in [0.05, 0.1) is 11.7 Å². The predicted molar refractivity (Wildman–Crippen MR) is 63.7 cm³/mol. The van der Waals surface area contributed by atoms with E-state index in [4.69, 9.17) is 9.47 Å². The Bertz CT molecular complexity index is 322. The molecule has 3 atom stereocenters. The molecule has 2 N–H and O–H groups in total. The molecule has 0 aromatic heterocycles. The van der Waals surface area contributed by atoms with Crippen molar-refractivity contribution in [1.29, 1.82) is 0 Å². The van der Waals surface area contributed by atoms with Crippen molar-refractivity contribution in [3.05, 3.63) is 0 Å². The van der Waals surface area contributed by atoms with Crippen molar-refractivity contribution in [3.63, 3.8) is 0 Å². The predicted octanol–water partition coefficient (Wildman–Crippen LogP) is 1.11. The average molecular weight is 258 g/mol. The van der Waals surface area contributed by atoms with E-state index in [1.54, 1.807) is 13.8 Å². The van der Waals surface area contributed by atoms with Gasteiger partial charge in [-0.2, -0.15) is 0 Å². The van der Waals surface area contributed by atoms with Crippen LogP contribution in [0.1, 0.15) is 52.4 Å². The number of carbonyl (C=O) groups is 1. The molecule has 1 spiro atoms. The van der Waals surface area contributed by atoms with Crippen LogP contribution in [-0.2, 0) is 14.3 Å². The van der Waals surface area contributed by atoms with Gasteiger partial charge in [0.15, 0.2) is 12.1 Å². The zero-order valence-electron chi connectivity index (χ0n) is 11.0. The molecule has 2 aliphatic heterocycles. The lowest BCUT2D eigenvalue weighted by Gasteiger charge is -2.44. The Hall–Kier alpha value is -0.490. The van der Waals surface area contributed by atoms with E-state index in [-0.39, 0.29) is 11.9 Å². The number of rotatable bonds is 2. The van der Waals surface area contributed by atoms with Crippen LogP contribution in [0.3, 0.4) is 0 Å². The number of aliphatic hydroxyl groups is 2. The minimum absolute atomic E-state index is 0.0896. The van der Waals surface area contributed by atoms with E-state index in [0.29, 0.717) is 38.5 Å². The molecule has 0 radical (unpaired) electrons. The summed E-state index contributed by atoms with van der Waals surface area (Å²) in [5.74, 6) is -1.36. The highest BCUT2D eigenvalue weighted by molar-refractivity contribution is 5.86. The first kappa shape index (κ1) is 13.9. The molecule has 5 heteroatoms. The van der Waals surface area contributed by atoms with Gasteiger partial charge in [-0.05, 0) is 33.1 Å². The molecule has 5 nitrogen and oxygen atoms in total. The van der Waals surface area contributed by atoms with Gasteiger partial charge in [0.25, 0.3) is 0 Å². The lowest BCUT2D eigenvalue weighted by molar-refractivity contribution is -0.325. The third kappa shape index (κ3) is 3.09. The Balaban J connectivity index is 2.07. The first-order valence-electron chi connectivity index (χ1n) is 6.60. The average Bonchev–Trinajstić information content (AvgIpc) is 2.21. The van der Waals surface area contributed by atoms with Crippen molar-refractivity contribution in [3.8, 4) is 0 Å². The SMILES string of the molecule is CC(C)(O)C[C@H]1CCC(=O)[C@]2(CCC[C@@H](O)O2)O1. The molecule has 2 fully saturated rings. The third-order valence-corrected chi connectivity index (χ3v) is 3.49. The number of ether oxygens (including phenoxy) is 2. The molecule has 0 bridgehead atoms. The summed E-state index contributed by atoms with van der Waals surface area (Å²) in [6.45, 7) is 3.44. The Morgan fingerprint density at radius 2 is 2.11 bits per heavy atom. The summed E-state index contributed by atoms with van der Waals surface area (Å²) in [5.41, 5.74) is -0.834. The summed E-state index contributed by atoms with van der Waals surface area (Å²) in [7, 11) is 0. The number of aliphatic hydroxyl groups excluding tert-OH is 1.